The summed E-state index contributed by atoms with van der Waals surface area (Å²) in [4.78, 5) is 16.5. The van der Waals surface area contributed by atoms with E-state index in [1.165, 1.54) is 5.56 Å². The third-order valence-electron chi connectivity index (χ3n) is 3.95. The molecule has 0 unspecified atom stereocenters. The first-order valence-corrected chi connectivity index (χ1v) is 7.89. The Kier molecular flexibility index (Phi) is 4.88. The van der Waals surface area contributed by atoms with Gasteiger partial charge < -0.3 is 15.4 Å². The van der Waals surface area contributed by atoms with Crippen molar-refractivity contribution in [2.45, 2.75) is 19.8 Å². The molecule has 0 atom stereocenters. The number of ether oxygens (including phenoxy) is 1. The van der Waals surface area contributed by atoms with Gasteiger partial charge in [-0.25, -0.2) is 4.98 Å². The first-order chi connectivity index (χ1) is 11.2. The zero-order valence-electron chi connectivity index (χ0n) is 13.2. The standard InChI is InChI=1S/C18H21N3O2/c1-13-2-4-15(5-3-13)20-16-6-7-17(19-12-16)21-18(22)14-8-10-23-11-9-14/h2-7,12,14,20H,8-11H2,1H3,(H,19,21,22). The number of anilines is 3. The molecule has 1 amide bonds. The molecule has 1 aliphatic heterocycles. The number of carbonyl (C=O) groups is 1. The molecule has 5 nitrogen and oxygen atoms in total. The fourth-order valence-electron chi connectivity index (χ4n) is 2.53. The molecular formula is C18H21N3O2. The third kappa shape index (κ3) is 4.29. The molecule has 1 fully saturated rings. The first-order valence-electron chi connectivity index (χ1n) is 7.89. The van der Waals surface area contributed by atoms with Gasteiger partial charge in [-0.05, 0) is 44.0 Å². The Morgan fingerprint density at radius 3 is 2.43 bits per heavy atom. The lowest BCUT2D eigenvalue weighted by molar-refractivity contribution is -0.122. The van der Waals surface area contributed by atoms with Crippen molar-refractivity contribution in [2.75, 3.05) is 23.8 Å². The number of carbonyl (C=O) groups excluding carboxylic acids is 1. The second-order valence-corrected chi connectivity index (χ2v) is 5.80. The Balaban J connectivity index is 1.58. The summed E-state index contributed by atoms with van der Waals surface area (Å²) >= 11 is 0. The number of nitrogens with one attached hydrogen (secondary N) is 2. The van der Waals surface area contributed by atoms with E-state index in [1.54, 1.807) is 6.20 Å². The zero-order chi connectivity index (χ0) is 16.1. The van der Waals surface area contributed by atoms with Gasteiger partial charge in [0.15, 0.2) is 0 Å². The summed E-state index contributed by atoms with van der Waals surface area (Å²) in [5.74, 6) is 0.631. The first kappa shape index (κ1) is 15.5. The average molecular weight is 311 g/mol. The van der Waals surface area contributed by atoms with Gasteiger partial charge in [0, 0.05) is 24.8 Å². The molecule has 1 aromatic heterocycles. The van der Waals surface area contributed by atoms with Crippen LogP contribution >= 0.6 is 0 Å². The van der Waals surface area contributed by atoms with Crippen molar-refractivity contribution in [1.29, 1.82) is 0 Å². The maximum Gasteiger partial charge on any atom is 0.228 e. The molecule has 1 aliphatic rings. The van der Waals surface area contributed by atoms with E-state index in [-0.39, 0.29) is 11.8 Å². The second-order valence-electron chi connectivity index (χ2n) is 5.80. The topological polar surface area (TPSA) is 63.2 Å². The highest BCUT2D eigenvalue weighted by Gasteiger charge is 2.21. The van der Waals surface area contributed by atoms with Crippen molar-refractivity contribution in [1.82, 2.24) is 4.98 Å². The Morgan fingerprint density at radius 2 is 1.78 bits per heavy atom. The normalized spacial score (nSPS) is 15.2. The van der Waals surface area contributed by atoms with E-state index in [1.807, 2.05) is 24.3 Å². The van der Waals surface area contributed by atoms with Gasteiger partial charge in [0.25, 0.3) is 0 Å². The monoisotopic (exact) mass is 311 g/mol. The number of hydrogen-bond acceptors (Lipinski definition) is 4. The second kappa shape index (κ2) is 7.24. The molecule has 23 heavy (non-hydrogen) atoms. The molecule has 0 saturated carbocycles. The zero-order valence-corrected chi connectivity index (χ0v) is 13.2. The van der Waals surface area contributed by atoms with Crippen molar-refractivity contribution in [3.05, 3.63) is 48.2 Å². The van der Waals surface area contributed by atoms with Crippen molar-refractivity contribution in [3.8, 4) is 0 Å². The van der Waals surface area contributed by atoms with Crippen molar-refractivity contribution >= 4 is 23.1 Å². The van der Waals surface area contributed by atoms with E-state index >= 15 is 0 Å². The van der Waals surface area contributed by atoms with Gasteiger partial charge in [0.1, 0.15) is 5.82 Å². The van der Waals surface area contributed by atoms with Crippen molar-refractivity contribution < 1.29 is 9.53 Å². The molecule has 0 bridgehead atoms. The lowest BCUT2D eigenvalue weighted by atomic mass is 9.99. The van der Waals surface area contributed by atoms with Crippen LogP contribution in [0.1, 0.15) is 18.4 Å². The van der Waals surface area contributed by atoms with Crippen LogP contribution in [0.3, 0.4) is 0 Å². The quantitative estimate of drug-likeness (QED) is 0.907. The highest BCUT2D eigenvalue weighted by molar-refractivity contribution is 5.91. The largest absolute Gasteiger partial charge is 0.381 e. The minimum Gasteiger partial charge on any atom is -0.381 e. The fourth-order valence-corrected chi connectivity index (χ4v) is 2.53. The Bertz CT molecular complexity index is 647. The molecule has 0 spiro atoms. The van der Waals surface area contributed by atoms with E-state index in [0.717, 1.165) is 24.2 Å². The van der Waals surface area contributed by atoms with E-state index in [2.05, 4.69) is 34.7 Å². The summed E-state index contributed by atoms with van der Waals surface area (Å²) in [5, 5.41) is 6.16. The highest BCUT2D eigenvalue weighted by atomic mass is 16.5. The number of benzene rings is 1. The van der Waals surface area contributed by atoms with Gasteiger partial charge in [-0.1, -0.05) is 17.7 Å². The number of hydrogen-bond donors (Lipinski definition) is 2. The lowest BCUT2D eigenvalue weighted by Crippen LogP contribution is -2.28. The smallest absolute Gasteiger partial charge is 0.228 e. The van der Waals surface area contributed by atoms with E-state index < -0.39 is 0 Å². The number of nitrogens with zero attached hydrogens (tertiary/aromatic N) is 1. The number of pyridine rings is 1. The van der Waals surface area contributed by atoms with Crippen LogP contribution in [-0.4, -0.2) is 24.1 Å². The minimum atomic E-state index is 0.0240. The van der Waals surface area contributed by atoms with Gasteiger partial charge >= 0.3 is 0 Å². The summed E-state index contributed by atoms with van der Waals surface area (Å²) in [6.45, 7) is 3.37. The highest BCUT2D eigenvalue weighted by Crippen LogP contribution is 2.19. The van der Waals surface area contributed by atoms with Gasteiger partial charge in [-0.3, -0.25) is 4.79 Å². The van der Waals surface area contributed by atoms with E-state index in [4.69, 9.17) is 4.74 Å². The van der Waals surface area contributed by atoms with Crippen LogP contribution in [0.2, 0.25) is 0 Å². The molecule has 120 valence electrons. The van der Waals surface area contributed by atoms with Crippen LogP contribution in [0.15, 0.2) is 42.6 Å². The lowest BCUT2D eigenvalue weighted by Gasteiger charge is -2.20. The number of aryl methyl sites for hydroxylation is 1. The summed E-state index contributed by atoms with van der Waals surface area (Å²) in [6.07, 6.45) is 3.28. The fraction of sp³-hybridized carbons (Fsp3) is 0.333. The van der Waals surface area contributed by atoms with Crippen LogP contribution < -0.4 is 10.6 Å². The van der Waals surface area contributed by atoms with E-state index in [9.17, 15) is 4.79 Å². The molecule has 5 heteroatoms. The number of rotatable bonds is 4. The Morgan fingerprint density at radius 1 is 1.09 bits per heavy atom. The number of aromatic nitrogens is 1. The molecule has 0 aliphatic carbocycles. The van der Waals surface area contributed by atoms with Crippen LogP contribution in [0.4, 0.5) is 17.2 Å². The maximum absolute atomic E-state index is 12.2. The van der Waals surface area contributed by atoms with Crippen molar-refractivity contribution in [3.63, 3.8) is 0 Å². The molecule has 0 radical (unpaired) electrons. The molecule has 2 N–H and O–H groups in total. The van der Waals surface area contributed by atoms with Crippen LogP contribution in [-0.2, 0) is 9.53 Å². The van der Waals surface area contributed by atoms with Gasteiger partial charge in [0.2, 0.25) is 5.91 Å². The van der Waals surface area contributed by atoms with Crippen LogP contribution in [0.5, 0.6) is 0 Å². The molecule has 3 rings (SSSR count). The van der Waals surface area contributed by atoms with Crippen LogP contribution in [0, 0.1) is 12.8 Å². The molecule has 1 aromatic carbocycles. The third-order valence-corrected chi connectivity index (χ3v) is 3.95. The SMILES string of the molecule is Cc1ccc(Nc2ccc(NC(=O)C3CCOCC3)nc2)cc1. The average Bonchev–Trinajstić information content (AvgIpc) is 2.59. The van der Waals surface area contributed by atoms with Gasteiger partial charge in [0.05, 0.1) is 11.9 Å². The molecule has 1 saturated heterocycles. The predicted octanol–water partition coefficient (Wildman–Crippen LogP) is 3.50. The molecular weight excluding hydrogens is 290 g/mol. The van der Waals surface area contributed by atoms with E-state index in [0.29, 0.717) is 19.0 Å². The van der Waals surface area contributed by atoms with Crippen molar-refractivity contribution in [2.24, 2.45) is 5.92 Å². The Hall–Kier alpha value is -2.40. The number of amides is 1. The van der Waals surface area contributed by atoms with Crippen LogP contribution in [0.25, 0.3) is 0 Å². The summed E-state index contributed by atoms with van der Waals surface area (Å²) in [5.41, 5.74) is 3.12. The molecule has 2 heterocycles. The van der Waals surface area contributed by atoms with Gasteiger partial charge in [-0.2, -0.15) is 0 Å². The maximum atomic E-state index is 12.2. The summed E-state index contributed by atoms with van der Waals surface area (Å²) in [6, 6.07) is 11.9. The predicted molar refractivity (Wildman–Crippen MR) is 90.9 cm³/mol. The summed E-state index contributed by atoms with van der Waals surface area (Å²) in [7, 11) is 0. The molecule has 2 aromatic rings. The minimum absolute atomic E-state index is 0.0240. The summed E-state index contributed by atoms with van der Waals surface area (Å²) < 4.78 is 5.28. The van der Waals surface area contributed by atoms with Gasteiger partial charge in [-0.15, -0.1) is 0 Å². The Labute approximate surface area is 136 Å².